The molecule has 2 N–H and O–H groups in total. The van der Waals surface area contributed by atoms with Crippen molar-refractivity contribution in [1.29, 1.82) is 0 Å². The Balaban J connectivity index is 2.56. The Morgan fingerprint density at radius 2 is 1.96 bits per heavy atom. The number of alkyl carbamates (subject to hydrolysis) is 1. The first-order valence-electron chi connectivity index (χ1n) is 7.92. The maximum atomic E-state index is 11.7. The fraction of sp³-hybridized carbons (Fsp3) is 0.333. The topological polar surface area (TPSA) is 124 Å². The van der Waals surface area contributed by atoms with E-state index >= 15 is 0 Å². The van der Waals surface area contributed by atoms with Gasteiger partial charge in [0.2, 0.25) is 0 Å². The number of benzene rings is 1. The quantitative estimate of drug-likeness (QED) is 0.320. The number of carboxylic acid groups (broad SMARTS) is 1. The lowest BCUT2D eigenvalue weighted by molar-refractivity contribution is -0.139. The first kappa shape index (κ1) is 20.8. The van der Waals surface area contributed by atoms with Crippen molar-refractivity contribution in [2.45, 2.75) is 38.8 Å². The van der Waals surface area contributed by atoms with Crippen LogP contribution in [-0.2, 0) is 9.53 Å². The highest BCUT2D eigenvalue weighted by atomic mass is 16.6. The minimum atomic E-state index is -1.14. The molecule has 8 nitrogen and oxygen atoms in total. The van der Waals surface area contributed by atoms with E-state index in [1.165, 1.54) is 0 Å². The molecule has 0 saturated carbocycles. The lowest BCUT2D eigenvalue weighted by Gasteiger charge is -2.21. The zero-order chi connectivity index (χ0) is 19.6. The minimum Gasteiger partial charge on any atom is -0.480 e. The van der Waals surface area contributed by atoms with Gasteiger partial charge in [0.25, 0.3) is 0 Å². The van der Waals surface area contributed by atoms with Crippen molar-refractivity contribution < 1.29 is 19.4 Å². The van der Waals surface area contributed by atoms with Crippen LogP contribution in [-0.4, -0.2) is 28.8 Å². The van der Waals surface area contributed by atoms with Crippen LogP contribution < -0.4 is 5.32 Å². The summed E-state index contributed by atoms with van der Waals surface area (Å²) in [7, 11) is 0. The van der Waals surface area contributed by atoms with E-state index < -0.39 is 23.7 Å². The molecule has 1 rings (SSSR count). The van der Waals surface area contributed by atoms with Crippen LogP contribution in [0.5, 0.6) is 0 Å². The molecule has 138 valence electrons. The van der Waals surface area contributed by atoms with Gasteiger partial charge in [0.1, 0.15) is 11.6 Å². The second-order valence-corrected chi connectivity index (χ2v) is 6.34. The van der Waals surface area contributed by atoms with Gasteiger partial charge in [-0.2, -0.15) is 0 Å². The van der Waals surface area contributed by atoms with E-state index in [9.17, 15) is 9.59 Å². The first-order chi connectivity index (χ1) is 12.2. The molecule has 0 heterocycles. The fourth-order valence-electron chi connectivity index (χ4n) is 1.83. The van der Waals surface area contributed by atoms with Crippen molar-refractivity contribution in [3.8, 4) is 0 Å². The molecule has 0 saturated heterocycles. The maximum Gasteiger partial charge on any atom is 0.408 e. The van der Waals surface area contributed by atoms with Gasteiger partial charge >= 0.3 is 12.1 Å². The molecule has 0 radical (unpaired) electrons. The van der Waals surface area contributed by atoms with Gasteiger partial charge in [-0.05, 0) is 38.3 Å². The van der Waals surface area contributed by atoms with E-state index in [0.717, 1.165) is 5.56 Å². The number of hydrogen-bond donors (Lipinski definition) is 2. The van der Waals surface area contributed by atoms with Crippen LogP contribution >= 0.6 is 0 Å². The molecular formula is C18H22N4O4. The normalized spacial score (nSPS) is 12.6. The van der Waals surface area contributed by atoms with Gasteiger partial charge in [0, 0.05) is 10.6 Å². The van der Waals surface area contributed by atoms with Gasteiger partial charge in [-0.1, -0.05) is 53.7 Å². The number of carboxylic acids is 1. The molecule has 0 aliphatic rings. The van der Waals surface area contributed by atoms with E-state index in [1.807, 2.05) is 6.08 Å². The van der Waals surface area contributed by atoms with Crippen LogP contribution in [0.3, 0.4) is 0 Å². The molecule has 0 aliphatic carbocycles. The van der Waals surface area contributed by atoms with Crippen LogP contribution in [0.25, 0.3) is 16.5 Å². The Bertz CT molecular complexity index is 727. The van der Waals surface area contributed by atoms with E-state index in [2.05, 4.69) is 15.3 Å². The number of azide groups is 1. The molecule has 0 spiro atoms. The monoisotopic (exact) mass is 358 g/mol. The molecule has 0 fully saturated rings. The zero-order valence-electron chi connectivity index (χ0n) is 14.9. The smallest absolute Gasteiger partial charge is 0.408 e. The lowest BCUT2D eigenvalue weighted by atomic mass is 10.1. The largest absolute Gasteiger partial charge is 0.480 e. The third-order valence-corrected chi connectivity index (χ3v) is 2.95. The number of allylic oxidation sites excluding steroid dienone is 2. The van der Waals surface area contributed by atoms with Crippen LogP contribution in [0, 0.1) is 0 Å². The summed E-state index contributed by atoms with van der Waals surface area (Å²) in [5, 5.41) is 15.0. The number of aliphatic carboxylic acids is 1. The molecule has 0 bridgehead atoms. The maximum absolute atomic E-state index is 11.7. The summed E-state index contributed by atoms with van der Waals surface area (Å²) < 4.78 is 5.05. The molecule has 1 atom stereocenters. The number of rotatable bonds is 7. The van der Waals surface area contributed by atoms with E-state index in [4.69, 9.17) is 15.4 Å². The number of carbonyl (C=O) groups is 2. The average molecular weight is 358 g/mol. The number of carbonyl (C=O) groups excluding carboxylic acids is 1. The predicted octanol–water partition coefficient (Wildman–Crippen LogP) is 4.57. The average Bonchev–Trinajstić information content (AvgIpc) is 2.53. The first-order valence-corrected chi connectivity index (χ1v) is 7.92. The van der Waals surface area contributed by atoms with Gasteiger partial charge in [0.15, 0.2) is 0 Å². The van der Waals surface area contributed by atoms with E-state index in [0.29, 0.717) is 5.69 Å². The molecule has 0 aromatic heterocycles. The van der Waals surface area contributed by atoms with Crippen molar-refractivity contribution in [2.75, 3.05) is 0 Å². The van der Waals surface area contributed by atoms with Crippen LogP contribution in [0.4, 0.5) is 10.5 Å². The second kappa shape index (κ2) is 9.90. The van der Waals surface area contributed by atoms with Gasteiger partial charge in [-0.3, -0.25) is 0 Å². The third kappa shape index (κ3) is 8.56. The number of nitrogens with zero attached hydrogens (tertiary/aromatic N) is 3. The predicted molar refractivity (Wildman–Crippen MR) is 98.8 cm³/mol. The minimum absolute atomic E-state index is 0.120. The summed E-state index contributed by atoms with van der Waals surface area (Å²) in [6, 6.07) is 5.89. The molecule has 1 aromatic carbocycles. The highest BCUT2D eigenvalue weighted by Gasteiger charge is 2.22. The molecule has 26 heavy (non-hydrogen) atoms. The summed E-state index contributed by atoms with van der Waals surface area (Å²) in [6.07, 6.45) is 6.24. The highest BCUT2D eigenvalue weighted by molar-refractivity contribution is 5.80. The van der Waals surface area contributed by atoms with Crippen LogP contribution in [0.1, 0.15) is 32.8 Å². The standard InChI is InChI=1S/C18H22N4O4/c1-18(2,3)26-17(25)20-15(16(23)24)8-6-4-5-7-13-9-11-14(12-10-13)21-22-19/h4-7,9-12,15H,8H2,1-3H3,(H,20,25)(H,23,24)/b6-4+,7-5+/t15-/m0/s1. The van der Waals surface area contributed by atoms with Crippen molar-refractivity contribution in [1.82, 2.24) is 5.32 Å². The number of amides is 1. The van der Waals surface area contributed by atoms with Crippen LogP contribution in [0.2, 0.25) is 0 Å². The summed E-state index contributed by atoms with van der Waals surface area (Å²) in [6.45, 7) is 5.10. The third-order valence-electron chi connectivity index (χ3n) is 2.95. The van der Waals surface area contributed by atoms with Crippen molar-refractivity contribution in [3.63, 3.8) is 0 Å². The lowest BCUT2D eigenvalue weighted by Crippen LogP contribution is -2.43. The van der Waals surface area contributed by atoms with Crippen molar-refractivity contribution in [2.24, 2.45) is 5.11 Å². The molecule has 0 aliphatic heterocycles. The molecule has 8 heteroatoms. The summed E-state index contributed by atoms with van der Waals surface area (Å²) in [5.41, 5.74) is 9.07. The number of ether oxygens (including phenoxy) is 1. The van der Waals surface area contributed by atoms with Gasteiger partial charge in [0.05, 0.1) is 0 Å². The Kier molecular flexibility index (Phi) is 7.92. The SMILES string of the molecule is CC(C)(C)OC(=O)N[C@@H](C/C=C/C=C/c1ccc(N=[N+]=[N-])cc1)C(=O)O. The second-order valence-electron chi connectivity index (χ2n) is 6.34. The molecular weight excluding hydrogens is 336 g/mol. The molecule has 0 unspecified atom stereocenters. The van der Waals surface area contributed by atoms with Crippen LogP contribution in [0.15, 0.2) is 47.6 Å². The Labute approximate surface area is 151 Å². The Morgan fingerprint density at radius 1 is 1.31 bits per heavy atom. The van der Waals surface area contributed by atoms with Gasteiger partial charge in [-0.25, -0.2) is 9.59 Å². The summed E-state index contributed by atoms with van der Waals surface area (Å²) in [5.74, 6) is -1.14. The van der Waals surface area contributed by atoms with Crippen molar-refractivity contribution in [3.05, 3.63) is 58.5 Å². The summed E-state index contributed by atoms with van der Waals surface area (Å²) >= 11 is 0. The molecule has 1 aromatic rings. The molecule has 1 amide bonds. The van der Waals surface area contributed by atoms with Gasteiger partial charge in [-0.15, -0.1) is 0 Å². The zero-order valence-corrected chi connectivity index (χ0v) is 14.9. The summed E-state index contributed by atoms with van der Waals surface area (Å²) in [4.78, 5) is 25.6. The highest BCUT2D eigenvalue weighted by Crippen LogP contribution is 2.14. The Hall–Kier alpha value is -3.25. The van der Waals surface area contributed by atoms with E-state index in [-0.39, 0.29) is 6.42 Å². The van der Waals surface area contributed by atoms with Gasteiger partial charge < -0.3 is 15.2 Å². The number of hydrogen-bond acceptors (Lipinski definition) is 4. The van der Waals surface area contributed by atoms with Crippen molar-refractivity contribution >= 4 is 23.8 Å². The number of nitrogens with one attached hydrogen (secondary N) is 1. The fourth-order valence-corrected chi connectivity index (χ4v) is 1.83. The van der Waals surface area contributed by atoms with E-state index in [1.54, 1.807) is 63.3 Å². The Morgan fingerprint density at radius 3 is 2.50 bits per heavy atom.